The maximum Gasteiger partial charge on any atom is 0.339 e. The highest BCUT2D eigenvalue weighted by Crippen LogP contribution is 2.65. The highest BCUT2D eigenvalue weighted by molar-refractivity contribution is 6.08. The molecule has 5 aliphatic rings. The number of rotatable bonds is 4. The third-order valence-corrected chi connectivity index (χ3v) is 9.39. The fraction of sp³-hybridized carbons (Fsp3) is 0.652. The predicted molar refractivity (Wildman–Crippen MR) is 111 cm³/mol. The van der Waals surface area contributed by atoms with Crippen molar-refractivity contribution in [1.82, 2.24) is 9.96 Å². The van der Waals surface area contributed by atoms with Crippen LogP contribution in [0.3, 0.4) is 0 Å². The van der Waals surface area contributed by atoms with Gasteiger partial charge in [0.1, 0.15) is 24.3 Å². The molecule has 2 saturated heterocycles. The van der Waals surface area contributed by atoms with Crippen molar-refractivity contribution in [3.63, 3.8) is 0 Å². The summed E-state index contributed by atoms with van der Waals surface area (Å²) in [5, 5.41) is 1.17. The number of carbonyl (C=O) groups excluding carboxylic acids is 4. The SMILES string of the molecule is CC1=C(C)[C@@]2(C)N(C(N)=O)O[C@]1(C)[C@@]2(C)COC(=O)CN1C(=O)[C@@H]2[C@H](C1=O)[C@H]1C=C[C@@H]2C1. The van der Waals surface area contributed by atoms with Gasteiger partial charge in [-0.2, -0.15) is 5.06 Å². The quantitative estimate of drug-likeness (QED) is 0.400. The number of amides is 4. The third kappa shape index (κ3) is 2.17. The molecule has 2 N–H and O–H groups in total. The zero-order chi connectivity index (χ0) is 23.4. The maximum atomic E-state index is 12.8. The Kier molecular flexibility index (Phi) is 4.11. The second-order valence-corrected chi connectivity index (χ2v) is 10.3. The molecule has 2 heterocycles. The van der Waals surface area contributed by atoms with E-state index in [0.29, 0.717) is 0 Å². The molecule has 0 spiro atoms. The first kappa shape index (κ1) is 21.2. The van der Waals surface area contributed by atoms with Gasteiger partial charge in [-0.25, -0.2) is 4.79 Å². The van der Waals surface area contributed by atoms with Crippen molar-refractivity contribution in [2.75, 3.05) is 13.2 Å². The van der Waals surface area contributed by atoms with E-state index in [1.165, 1.54) is 5.06 Å². The summed E-state index contributed by atoms with van der Waals surface area (Å²) in [6.45, 7) is 8.98. The van der Waals surface area contributed by atoms with Crippen LogP contribution in [0.15, 0.2) is 23.3 Å². The van der Waals surface area contributed by atoms with E-state index >= 15 is 0 Å². The predicted octanol–water partition coefficient (Wildman–Crippen LogP) is 1.54. The number of urea groups is 1. The van der Waals surface area contributed by atoms with Gasteiger partial charge in [-0.1, -0.05) is 19.1 Å². The number of hydrogen-bond donors (Lipinski definition) is 1. The van der Waals surface area contributed by atoms with E-state index < -0.39 is 35.1 Å². The summed E-state index contributed by atoms with van der Waals surface area (Å²) < 4.78 is 5.63. The molecule has 4 amide bonds. The molecule has 0 unspecified atom stereocenters. The van der Waals surface area contributed by atoms with E-state index in [4.69, 9.17) is 15.3 Å². The van der Waals surface area contributed by atoms with Gasteiger partial charge < -0.3 is 10.5 Å². The molecule has 9 nitrogen and oxygen atoms in total. The number of nitrogens with two attached hydrogens (primary N) is 1. The molecule has 32 heavy (non-hydrogen) atoms. The monoisotopic (exact) mass is 443 g/mol. The van der Waals surface area contributed by atoms with Gasteiger partial charge in [0, 0.05) is 0 Å². The molecule has 0 aromatic rings. The highest BCUT2D eigenvalue weighted by atomic mass is 16.7. The highest BCUT2D eigenvalue weighted by Gasteiger charge is 2.74. The number of nitrogens with zero attached hydrogens (tertiary/aromatic N) is 2. The topological polar surface area (TPSA) is 119 Å². The second kappa shape index (κ2) is 6.21. The number of likely N-dealkylation sites (tertiary alicyclic amines) is 1. The van der Waals surface area contributed by atoms with Crippen molar-refractivity contribution in [3.05, 3.63) is 23.3 Å². The van der Waals surface area contributed by atoms with E-state index in [-0.39, 0.29) is 42.1 Å². The summed E-state index contributed by atoms with van der Waals surface area (Å²) in [5.41, 5.74) is 4.85. The Bertz CT molecular complexity index is 1000. The number of hydroxylamine groups is 2. The molecule has 0 aromatic heterocycles. The average Bonchev–Trinajstić information content (AvgIpc) is 3.47. The number of allylic oxidation sites excluding steroid dienone is 2. The van der Waals surface area contributed by atoms with Crippen LogP contribution in [-0.4, -0.2) is 58.1 Å². The van der Waals surface area contributed by atoms with Gasteiger partial charge >= 0.3 is 12.0 Å². The summed E-state index contributed by atoms with van der Waals surface area (Å²) >= 11 is 0. The zero-order valence-corrected chi connectivity index (χ0v) is 19.0. The van der Waals surface area contributed by atoms with Gasteiger partial charge in [-0.05, 0) is 57.1 Å². The Labute approximate surface area is 186 Å². The number of hydrogen-bond acceptors (Lipinski definition) is 6. The van der Waals surface area contributed by atoms with Crippen LogP contribution in [0, 0.1) is 29.1 Å². The molecule has 5 rings (SSSR count). The zero-order valence-electron chi connectivity index (χ0n) is 19.0. The van der Waals surface area contributed by atoms with Gasteiger partial charge in [0.05, 0.1) is 17.3 Å². The lowest BCUT2D eigenvalue weighted by Crippen LogP contribution is -2.56. The van der Waals surface area contributed by atoms with Crippen molar-refractivity contribution in [3.8, 4) is 0 Å². The normalized spacial score (nSPS) is 43.7. The van der Waals surface area contributed by atoms with E-state index in [1.54, 1.807) is 0 Å². The second-order valence-electron chi connectivity index (χ2n) is 10.3. The molecule has 3 fully saturated rings. The van der Waals surface area contributed by atoms with Crippen molar-refractivity contribution < 1.29 is 28.8 Å². The first-order valence-electron chi connectivity index (χ1n) is 11.0. The first-order chi connectivity index (χ1) is 14.9. The number of esters is 1. The smallest absolute Gasteiger partial charge is 0.339 e. The van der Waals surface area contributed by atoms with Crippen LogP contribution in [-0.2, 0) is 24.0 Å². The van der Waals surface area contributed by atoms with Crippen molar-refractivity contribution in [2.45, 2.75) is 52.2 Å². The number of primary amides is 1. The van der Waals surface area contributed by atoms with Crippen LogP contribution in [0.4, 0.5) is 4.79 Å². The van der Waals surface area contributed by atoms with Crippen LogP contribution in [0.25, 0.3) is 0 Å². The van der Waals surface area contributed by atoms with Gasteiger partial charge in [0.25, 0.3) is 0 Å². The van der Waals surface area contributed by atoms with Crippen LogP contribution in [0.5, 0.6) is 0 Å². The summed E-state index contributed by atoms with van der Waals surface area (Å²) in [4.78, 5) is 57.6. The van der Waals surface area contributed by atoms with Crippen LogP contribution >= 0.6 is 0 Å². The van der Waals surface area contributed by atoms with Crippen LogP contribution in [0.1, 0.15) is 41.0 Å². The standard InChI is InChI=1S/C23H29N3O6/c1-11-12(2)23(5)21(3,22(11,4)26(32-23)20(24)30)10-31-15(27)9-25-18(28)16-13-6-7-14(8-13)17(16)19(25)29/h6-7,13-14,16-17H,8-10H2,1-5H3,(H2,24,30)/t13-,14+,16+,17-,21-,22+,23-/m0/s1. The van der Waals surface area contributed by atoms with Crippen LogP contribution in [0.2, 0.25) is 0 Å². The third-order valence-electron chi connectivity index (χ3n) is 9.39. The van der Waals surface area contributed by atoms with E-state index in [0.717, 1.165) is 22.5 Å². The summed E-state index contributed by atoms with van der Waals surface area (Å²) in [6, 6.07) is -0.719. The average molecular weight is 444 g/mol. The molecule has 0 aromatic carbocycles. The fourth-order valence-electron chi connectivity index (χ4n) is 6.90. The molecule has 7 atom stereocenters. The Hall–Kier alpha value is -2.68. The Morgan fingerprint density at radius 3 is 2.19 bits per heavy atom. The minimum absolute atomic E-state index is 0.0623. The minimum atomic E-state index is -0.904. The summed E-state index contributed by atoms with van der Waals surface area (Å²) in [7, 11) is 0. The summed E-state index contributed by atoms with van der Waals surface area (Å²) in [6.07, 6.45) is 4.86. The molecule has 172 valence electrons. The molecule has 3 aliphatic carbocycles. The van der Waals surface area contributed by atoms with Crippen molar-refractivity contribution >= 4 is 23.8 Å². The minimum Gasteiger partial charge on any atom is -0.464 e. The molecule has 1 saturated carbocycles. The van der Waals surface area contributed by atoms with Gasteiger partial charge in [-0.15, -0.1) is 0 Å². The van der Waals surface area contributed by atoms with Gasteiger partial charge in [-0.3, -0.25) is 24.1 Å². The number of carbonyl (C=O) groups is 4. The van der Waals surface area contributed by atoms with E-state index in [9.17, 15) is 19.2 Å². The van der Waals surface area contributed by atoms with Crippen molar-refractivity contribution in [1.29, 1.82) is 0 Å². The maximum absolute atomic E-state index is 12.8. The van der Waals surface area contributed by atoms with E-state index in [1.807, 2.05) is 46.8 Å². The Morgan fingerprint density at radius 2 is 1.66 bits per heavy atom. The van der Waals surface area contributed by atoms with Crippen molar-refractivity contribution in [2.24, 2.45) is 34.8 Å². The van der Waals surface area contributed by atoms with Gasteiger partial charge in [0.2, 0.25) is 11.8 Å². The molecular weight excluding hydrogens is 414 g/mol. The lowest BCUT2D eigenvalue weighted by molar-refractivity contribution is -0.173. The number of fused-ring (bicyclic) bond motifs is 7. The Morgan fingerprint density at radius 1 is 1.09 bits per heavy atom. The largest absolute Gasteiger partial charge is 0.464 e. The molecular formula is C23H29N3O6. The lowest BCUT2D eigenvalue weighted by Gasteiger charge is -2.41. The number of ether oxygens (including phenoxy) is 1. The Balaban J connectivity index is 1.31. The van der Waals surface area contributed by atoms with Crippen LogP contribution < -0.4 is 5.73 Å². The fourth-order valence-corrected chi connectivity index (χ4v) is 6.90. The van der Waals surface area contributed by atoms with Gasteiger partial charge in [0.15, 0.2) is 0 Å². The van der Waals surface area contributed by atoms with E-state index in [2.05, 4.69) is 0 Å². The first-order valence-corrected chi connectivity index (χ1v) is 11.0. The lowest BCUT2D eigenvalue weighted by atomic mass is 9.66. The molecule has 4 bridgehead atoms. The molecule has 0 radical (unpaired) electrons. The number of imide groups is 1. The summed E-state index contributed by atoms with van der Waals surface area (Å²) in [5.74, 6) is -1.74. The molecule has 2 aliphatic heterocycles. The molecule has 9 heteroatoms.